The first-order chi connectivity index (χ1) is 9.85. The van der Waals surface area contributed by atoms with Crippen molar-refractivity contribution in [1.82, 2.24) is 4.72 Å². The molecule has 0 spiro atoms. The number of benzene rings is 1. The van der Waals surface area contributed by atoms with E-state index in [9.17, 15) is 8.42 Å². The Bertz CT molecular complexity index is 619. The molecule has 1 fully saturated rings. The van der Waals surface area contributed by atoms with Crippen molar-refractivity contribution >= 4 is 27.3 Å². The minimum atomic E-state index is -3.67. The van der Waals surface area contributed by atoms with Crippen LogP contribution in [-0.4, -0.2) is 27.7 Å². The van der Waals surface area contributed by atoms with Gasteiger partial charge < -0.3 is 10.5 Å². The number of nitrogen functional groups attached to an aromatic ring is 1. The summed E-state index contributed by atoms with van der Waals surface area (Å²) < 4.78 is 32.9. The summed E-state index contributed by atoms with van der Waals surface area (Å²) in [6, 6.07) is 2.97. The van der Waals surface area contributed by atoms with E-state index >= 15 is 0 Å². The Balaban J connectivity index is 2.14. The highest BCUT2D eigenvalue weighted by Gasteiger charge is 2.28. The third-order valence-electron chi connectivity index (χ3n) is 3.89. The van der Waals surface area contributed by atoms with Gasteiger partial charge in [0, 0.05) is 24.8 Å². The number of hydrogen-bond acceptors (Lipinski definition) is 4. The first kappa shape index (κ1) is 16.5. The zero-order valence-corrected chi connectivity index (χ0v) is 13.8. The molecule has 7 heteroatoms. The maximum absolute atomic E-state index is 12.4. The third-order valence-corrected chi connectivity index (χ3v) is 5.78. The fraction of sp³-hybridized carbons (Fsp3) is 0.571. The molecule has 2 rings (SSSR count). The van der Waals surface area contributed by atoms with Crippen molar-refractivity contribution in [3.8, 4) is 0 Å². The van der Waals surface area contributed by atoms with E-state index in [1.54, 1.807) is 13.0 Å². The lowest BCUT2D eigenvalue weighted by atomic mass is 10.0. The van der Waals surface area contributed by atoms with Gasteiger partial charge in [-0.1, -0.05) is 18.5 Å². The van der Waals surface area contributed by atoms with Gasteiger partial charge in [0.25, 0.3) is 0 Å². The standard InChI is InChI=1S/C14H21ClN2O3S/c1-3-13-10(4-5-20-13)8-17-21(18,19)14-7-12(16)9(2)6-11(14)15/h6-7,10,13,17H,3-5,8,16H2,1-2H3. The topological polar surface area (TPSA) is 81.4 Å². The van der Waals surface area contributed by atoms with Crippen LogP contribution >= 0.6 is 11.6 Å². The first-order valence-corrected chi connectivity index (χ1v) is 8.88. The summed E-state index contributed by atoms with van der Waals surface area (Å²) in [5, 5.41) is 0.184. The number of sulfonamides is 1. The minimum Gasteiger partial charge on any atom is -0.398 e. The van der Waals surface area contributed by atoms with Crippen molar-refractivity contribution in [2.45, 2.75) is 37.7 Å². The third kappa shape index (κ3) is 3.69. The quantitative estimate of drug-likeness (QED) is 0.811. The lowest BCUT2D eigenvalue weighted by molar-refractivity contribution is 0.0884. The predicted molar refractivity (Wildman–Crippen MR) is 83.9 cm³/mol. The van der Waals surface area contributed by atoms with Crippen molar-refractivity contribution < 1.29 is 13.2 Å². The summed E-state index contributed by atoms with van der Waals surface area (Å²) in [6.45, 7) is 4.86. The Morgan fingerprint density at radius 1 is 1.48 bits per heavy atom. The second-order valence-corrected chi connectivity index (χ2v) is 7.50. The van der Waals surface area contributed by atoms with Crippen LogP contribution in [0.25, 0.3) is 0 Å². The second kappa shape index (κ2) is 6.52. The van der Waals surface area contributed by atoms with Crippen molar-refractivity contribution in [2.24, 2.45) is 5.92 Å². The number of ether oxygens (including phenoxy) is 1. The summed E-state index contributed by atoms with van der Waals surface area (Å²) >= 11 is 6.04. The average molecular weight is 333 g/mol. The van der Waals surface area contributed by atoms with E-state index in [0.717, 1.165) is 18.4 Å². The van der Waals surface area contributed by atoms with Gasteiger partial charge in [-0.05, 0) is 37.5 Å². The monoisotopic (exact) mass is 332 g/mol. The first-order valence-electron chi connectivity index (χ1n) is 7.02. The van der Waals surface area contributed by atoms with Crippen molar-refractivity contribution in [2.75, 3.05) is 18.9 Å². The van der Waals surface area contributed by atoms with Crippen molar-refractivity contribution in [1.29, 1.82) is 0 Å². The molecule has 0 radical (unpaired) electrons. The molecular formula is C14H21ClN2O3S. The normalized spacial score (nSPS) is 22.6. The zero-order valence-electron chi connectivity index (χ0n) is 12.2. The average Bonchev–Trinajstić information content (AvgIpc) is 2.88. The van der Waals surface area contributed by atoms with E-state index in [4.69, 9.17) is 22.1 Å². The van der Waals surface area contributed by atoms with Gasteiger partial charge in [-0.25, -0.2) is 13.1 Å². The lowest BCUT2D eigenvalue weighted by Crippen LogP contribution is -2.33. The molecule has 118 valence electrons. The molecular weight excluding hydrogens is 312 g/mol. The molecule has 0 amide bonds. The summed E-state index contributed by atoms with van der Waals surface area (Å²) in [6.07, 6.45) is 1.86. The fourth-order valence-electron chi connectivity index (χ4n) is 2.55. The van der Waals surface area contributed by atoms with Gasteiger partial charge in [0.2, 0.25) is 10.0 Å². The van der Waals surface area contributed by atoms with E-state index in [2.05, 4.69) is 4.72 Å². The van der Waals surface area contributed by atoms with Gasteiger partial charge in [-0.15, -0.1) is 0 Å². The van der Waals surface area contributed by atoms with Gasteiger partial charge in [0.1, 0.15) is 4.90 Å². The van der Waals surface area contributed by atoms with Crippen LogP contribution in [0.2, 0.25) is 5.02 Å². The summed E-state index contributed by atoms with van der Waals surface area (Å²) in [5.74, 6) is 0.200. The maximum Gasteiger partial charge on any atom is 0.242 e. The lowest BCUT2D eigenvalue weighted by Gasteiger charge is -2.18. The molecule has 2 unspecified atom stereocenters. The van der Waals surface area contributed by atoms with Gasteiger partial charge in [-0.2, -0.15) is 0 Å². The predicted octanol–water partition coefficient (Wildman–Crippen LogP) is 2.32. The number of hydrogen-bond donors (Lipinski definition) is 2. The van der Waals surface area contributed by atoms with E-state index in [1.165, 1.54) is 6.07 Å². The molecule has 1 aromatic rings. The van der Waals surface area contributed by atoms with E-state index in [1.807, 2.05) is 6.92 Å². The Morgan fingerprint density at radius 2 is 2.19 bits per heavy atom. The summed E-state index contributed by atoms with van der Waals surface area (Å²) in [4.78, 5) is 0.0271. The van der Waals surface area contributed by atoms with Crippen LogP contribution in [0.4, 0.5) is 5.69 Å². The molecule has 1 saturated heterocycles. The number of aryl methyl sites for hydroxylation is 1. The van der Waals surface area contributed by atoms with Gasteiger partial charge in [0.15, 0.2) is 0 Å². The van der Waals surface area contributed by atoms with Crippen LogP contribution in [0.5, 0.6) is 0 Å². The number of rotatable bonds is 5. The van der Waals surface area contributed by atoms with Crippen LogP contribution in [-0.2, 0) is 14.8 Å². The van der Waals surface area contributed by atoms with Crippen LogP contribution < -0.4 is 10.5 Å². The number of anilines is 1. The number of nitrogens with two attached hydrogens (primary N) is 1. The van der Waals surface area contributed by atoms with E-state index < -0.39 is 10.0 Å². The molecule has 0 bridgehead atoms. The molecule has 1 heterocycles. The minimum absolute atomic E-state index is 0.0271. The Kier molecular flexibility index (Phi) is 5.14. The van der Waals surface area contributed by atoms with E-state index in [0.29, 0.717) is 18.8 Å². The summed E-state index contributed by atoms with van der Waals surface area (Å²) in [5.41, 5.74) is 6.95. The molecule has 0 saturated carbocycles. The maximum atomic E-state index is 12.4. The molecule has 1 aromatic carbocycles. The SMILES string of the molecule is CCC1OCCC1CNS(=O)(=O)c1cc(N)c(C)cc1Cl. The van der Waals surface area contributed by atoms with Crippen molar-refractivity contribution in [3.05, 3.63) is 22.7 Å². The zero-order chi connectivity index (χ0) is 15.6. The van der Waals surface area contributed by atoms with Crippen LogP contribution in [0.3, 0.4) is 0 Å². The van der Waals surface area contributed by atoms with Crippen LogP contribution in [0, 0.1) is 12.8 Å². The van der Waals surface area contributed by atoms with Crippen LogP contribution in [0.1, 0.15) is 25.3 Å². The molecule has 3 N–H and O–H groups in total. The number of halogens is 1. The smallest absolute Gasteiger partial charge is 0.242 e. The highest BCUT2D eigenvalue weighted by atomic mass is 35.5. The molecule has 1 aliphatic rings. The highest BCUT2D eigenvalue weighted by Crippen LogP contribution is 2.28. The Labute approximate surface area is 130 Å². The molecule has 0 aromatic heterocycles. The molecule has 0 aliphatic carbocycles. The van der Waals surface area contributed by atoms with Crippen molar-refractivity contribution in [3.63, 3.8) is 0 Å². The largest absolute Gasteiger partial charge is 0.398 e. The molecule has 5 nitrogen and oxygen atoms in total. The molecule has 21 heavy (non-hydrogen) atoms. The van der Waals surface area contributed by atoms with Gasteiger partial charge in [-0.3, -0.25) is 0 Å². The Hall–Kier alpha value is -0.820. The summed E-state index contributed by atoms with van der Waals surface area (Å²) in [7, 11) is -3.67. The fourth-order valence-corrected chi connectivity index (χ4v) is 4.26. The van der Waals surface area contributed by atoms with Crippen LogP contribution in [0.15, 0.2) is 17.0 Å². The van der Waals surface area contributed by atoms with Gasteiger partial charge >= 0.3 is 0 Å². The van der Waals surface area contributed by atoms with E-state index in [-0.39, 0.29) is 21.9 Å². The highest BCUT2D eigenvalue weighted by molar-refractivity contribution is 7.89. The van der Waals surface area contributed by atoms with Gasteiger partial charge in [0.05, 0.1) is 11.1 Å². The second-order valence-electron chi connectivity index (χ2n) is 5.36. The Morgan fingerprint density at radius 3 is 2.86 bits per heavy atom. The molecule has 1 aliphatic heterocycles. The number of nitrogens with one attached hydrogen (secondary N) is 1. The molecule has 2 atom stereocenters.